The van der Waals surface area contributed by atoms with Gasteiger partial charge in [-0.05, 0) is 60.7 Å². The number of carboxylic acid groups (broad SMARTS) is 5. The fraction of sp³-hybridized carbons (Fsp3) is 0.125. The van der Waals surface area contributed by atoms with Gasteiger partial charge in [0.25, 0.3) is 0 Å². The van der Waals surface area contributed by atoms with E-state index in [9.17, 15) is 24.0 Å². The molecule has 0 fully saturated rings. The summed E-state index contributed by atoms with van der Waals surface area (Å²) >= 11 is 0. The Hall–Kier alpha value is -6.71. The molecule has 5 rings (SSSR count). The van der Waals surface area contributed by atoms with Gasteiger partial charge in [0.15, 0.2) is 0 Å². The van der Waals surface area contributed by atoms with Gasteiger partial charge in [0, 0.05) is 0 Å². The molecule has 0 aliphatic carbocycles. The summed E-state index contributed by atoms with van der Waals surface area (Å²) in [6, 6.07) is 41.5. The molecule has 5 aromatic rings. The Bertz CT molecular complexity index is 1460. The molecule has 286 valence electrons. The van der Waals surface area contributed by atoms with Crippen LogP contribution in [0.4, 0.5) is 0 Å². The number of aliphatic hydroxyl groups excluding tert-OH is 4. The molecule has 54 heavy (non-hydrogen) atoms. The van der Waals surface area contributed by atoms with Crippen LogP contribution in [0.2, 0.25) is 0 Å². The highest BCUT2D eigenvalue weighted by molar-refractivity contribution is 5.89. The van der Waals surface area contributed by atoms with Crippen molar-refractivity contribution in [2.24, 2.45) is 5.41 Å². The first kappa shape index (κ1) is 47.3. The Kier molecular flexibility index (Phi) is 24.5. The zero-order valence-electron chi connectivity index (χ0n) is 28.8. The molecule has 0 spiro atoms. The topological polar surface area (TPSA) is 267 Å². The predicted molar refractivity (Wildman–Crippen MR) is 198 cm³/mol. The lowest BCUT2D eigenvalue weighted by molar-refractivity contribution is -0.0328. The molecule has 0 atom stereocenters. The van der Waals surface area contributed by atoms with Crippen LogP contribution < -0.4 is 0 Å². The third kappa shape index (κ3) is 20.8. The van der Waals surface area contributed by atoms with Crippen LogP contribution in [-0.2, 0) is 0 Å². The molecule has 14 nitrogen and oxygen atoms in total. The number of carbonyl (C=O) groups is 5. The monoisotopic (exact) mass is 746 g/mol. The van der Waals surface area contributed by atoms with Gasteiger partial charge in [-0.15, -0.1) is 0 Å². The molecule has 0 aliphatic rings. The summed E-state index contributed by atoms with van der Waals surface area (Å²) in [7, 11) is 0. The van der Waals surface area contributed by atoms with Gasteiger partial charge in [0.2, 0.25) is 0 Å². The van der Waals surface area contributed by atoms with E-state index >= 15 is 0 Å². The second kappa shape index (κ2) is 27.9. The van der Waals surface area contributed by atoms with Crippen molar-refractivity contribution in [2.45, 2.75) is 0 Å². The van der Waals surface area contributed by atoms with Crippen LogP contribution in [0.15, 0.2) is 152 Å². The maximum Gasteiger partial charge on any atom is 0.335 e. The third-order valence-electron chi connectivity index (χ3n) is 6.45. The second-order valence-corrected chi connectivity index (χ2v) is 10.5. The zero-order chi connectivity index (χ0) is 40.8. The number of aromatic carboxylic acids is 5. The maximum absolute atomic E-state index is 10.2. The molecular weight excluding hydrogens is 704 g/mol. The van der Waals surface area contributed by atoms with Crippen molar-refractivity contribution in [3.63, 3.8) is 0 Å². The highest BCUT2D eigenvalue weighted by Crippen LogP contribution is 2.12. The van der Waals surface area contributed by atoms with Crippen molar-refractivity contribution in [3.05, 3.63) is 179 Å². The summed E-state index contributed by atoms with van der Waals surface area (Å²) in [5.74, 6) is -4.40. The maximum atomic E-state index is 10.2. The van der Waals surface area contributed by atoms with Crippen LogP contribution in [0.1, 0.15) is 51.8 Å². The van der Waals surface area contributed by atoms with Crippen LogP contribution >= 0.6 is 0 Å². The fourth-order valence-electron chi connectivity index (χ4n) is 3.20. The average molecular weight is 747 g/mol. The third-order valence-corrected chi connectivity index (χ3v) is 6.45. The van der Waals surface area contributed by atoms with E-state index in [1.165, 1.54) is 0 Å². The molecule has 0 saturated carbocycles. The van der Waals surface area contributed by atoms with Crippen molar-refractivity contribution in [3.8, 4) is 0 Å². The molecule has 0 unspecified atom stereocenters. The Balaban J connectivity index is 0.000000624. The molecule has 5 aromatic carbocycles. The number of benzene rings is 5. The summed E-state index contributed by atoms with van der Waals surface area (Å²) in [4.78, 5) is 51.0. The number of carboxylic acids is 5. The van der Waals surface area contributed by atoms with Crippen molar-refractivity contribution < 1.29 is 69.9 Å². The van der Waals surface area contributed by atoms with E-state index in [0.717, 1.165) is 0 Å². The molecule has 14 heteroatoms. The van der Waals surface area contributed by atoms with E-state index in [2.05, 4.69) is 0 Å². The predicted octanol–water partition coefficient (Wildman–Crippen LogP) is 4.87. The Labute approximate surface area is 310 Å². The van der Waals surface area contributed by atoms with E-state index in [0.29, 0.717) is 27.8 Å². The van der Waals surface area contributed by atoms with Gasteiger partial charge in [-0.3, -0.25) is 0 Å². The molecule has 0 aliphatic heterocycles. The van der Waals surface area contributed by atoms with E-state index in [4.69, 9.17) is 46.0 Å². The van der Waals surface area contributed by atoms with Crippen LogP contribution in [-0.4, -0.2) is 102 Å². The minimum absolute atomic E-state index is 0.331. The smallest absolute Gasteiger partial charge is 0.335 e. The van der Waals surface area contributed by atoms with Gasteiger partial charge < -0.3 is 46.0 Å². The van der Waals surface area contributed by atoms with E-state index in [1.54, 1.807) is 152 Å². The molecule has 0 heterocycles. The molecule has 0 aromatic heterocycles. The van der Waals surface area contributed by atoms with Crippen LogP contribution in [0.3, 0.4) is 0 Å². The minimum atomic E-state index is -1.11. The summed E-state index contributed by atoms with van der Waals surface area (Å²) in [6.07, 6.45) is 0. The quantitative estimate of drug-likeness (QED) is 0.0975. The molecule has 0 bridgehead atoms. The first-order chi connectivity index (χ1) is 25.8. The SMILES string of the molecule is O=C(O)c1ccccc1.O=C(O)c1ccccc1.O=C(O)c1ccccc1.O=C(O)c1ccccc1.O=C(O)c1ccccc1.OCC(CO)(CO)CO. The molecule has 9 N–H and O–H groups in total. The first-order valence-corrected chi connectivity index (χ1v) is 15.6. The number of hydrogen-bond acceptors (Lipinski definition) is 9. The van der Waals surface area contributed by atoms with Crippen molar-refractivity contribution in [1.29, 1.82) is 0 Å². The highest BCUT2D eigenvalue weighted by Gasteiger charge is 2.26. The van der Waals surface area contributed by atoms with Crippen molar-refractivity contribution in [1.82, 2.24) is 0 Å². The molecular formula is C40H42O14. The van der Waals surface area contributed by atoms with Gasteiger partial charge >= 0.3 is 29.8 Å². The van der Waals surface area contributed by atoms with Crippen LogP contribution in [0.5, 0.6) is 0 Å². The van der Waals surface area contributed by atoms with Gasteiger partial charge in [0.05, 0.1) is 59.7 Å². The lowest BCUT2D eigenvalue weighted by Gasteiger charge is -2.23. The zero-order valence-corrected chi connectivity index (χ0v) is 28.8. The molecule has 0 radical (unpaired) electrons. The molecule has 0 saturated heterocycles. The minimum Gasteiger partial charge on any atom is -0.478 e. The van der Waals surface area contributed by atoms with Crippen LogP contribution in [0, 0.1) is 5.41 Å². The lowest BCUT2D eigenvalue weighted by atomic mass is 9.93. The molecule has 0 amide bonds. The average Bonchev–Trinajstić information content (AvgIpc) is 3.22. The summed E-state index contributed by atoms with van der Waals surface area (Å²) < 4.78 is 0. The largest absolute Gasteiger partial charge is 0.478 e. The second-order valence-electron chi connectivity index (χ2n) is 10.5. The summed E-state index contributed by atoms with van der Waals surface area (Å²) in [5, 5.41) is 75.9. The fourth-order valence-corrected chi connectivity index (χ4v) is 3.20. The van der Waals surface area contributed by atoms with Gasteiger partial charge in [-0.25, -0.2) is 24.0 Å². The van der Waals surface area contributed by atoms with Crippen LogP contribution in [0.25, 0.3) is 0 Å². The van der Waals surface area contributed by atoms with E-state index < -0.39 is 61.7 Å². The normalized spacial score (nSPS) is 9.41. The standard InChI is InChI=1S/5C7H6O2.C5H12O4/c5*8-7(9)6-4-2-1-3-5-6;6-1-5(2-7,3-8)4-9/h5*1-5H,(H,8,9);6-9H,1-4H2. The van der Waals surface area contributed by atoms with Gasteiger partial charge in [0.1, 0.15) is 0 Å². The lowest BCUT2D eigenvalue weighted by Crippen LogP contribution is -2.37. The van der Waals surface area contributed by atoms with Gasteiger partial charge in [-0.1, -0.05) is 91.0 Å². The Morgan fingerprint density at radius 3 is 0.481 bits per heavy atom. The Morgan fingerprint density at radius 1 is 0.296 bits per heavy atom. The Morgan fingerprint density at radius 2 is 0.426 bits per heavy atom. The van der Waals surface area contributed by atoms with Crippen molar-refractivity contribution in [2.75, 3.05) is 26.4 Å². The van der Waals surface area contributed by atoms with E-state index in [-0.39, 0.29) is 0 Å². The summed E-state index contributed by atoms with van der Waals surface area (Å²) in [5.41, 5.74) is 0.544. The highest BCUT2D eigenvalue weighted by atomic mass is 16.4. The summed E-state index contributed by atoms with van der Waals surface area (Å²) in [6.45, 7) is -1.62. The van der Waals surface area contributed by atoms with Crippen molar-refractivity contribution >= 4 is 29.8 Å². The van der Waals surface area contributed by atoms with E-state index in [1.807, 2.05) is 0 Å². The number of rotatable bonds is 9. The number of aliphatic hydroxyl groups is 4. The number of hydrogen-bond donors (Lipinski definition) is 9. The van der Waals surface area contributed by atoms with Gasteiger partial charge in [-0.2, -0.15) is 0 Å². The first-order valence-electron chi connectivity index (χ1n) is 15.6.